The largest absolute Gasteiger partial charge is 0.480 e. The van der Waals surface area contributed by atoms with E-state index in [-0.39, 0.29) is 12.3 Å². The third kappa shape index (κ3) is 4.75. The summed E-state index contributed by atoms with van der Waals surface area (Å²) in [6, 6.07) is -2.15. The van der Waals surface area contributed by atoms with E-state index in [1.807, 2.05) is 0 Å². The van der Waals surface area contributed by atoms with Crippen molar-refractivity contribution in [1.29, 1.82) is 0 Å². The van der Waals surface area contributed by atoms with Crippen molar-refractivity contribution < 1.29 is 33.0 Å². The first-order valence-electron chi connectivity index (χ1n) is 5.80. The lowest BCUT2D eigenvalue weighted by molar-refractivity contribution is -0.144. The average Bonchev–Trinajstić information content (AvgIpc) is 2.36. The molecule has 0 aromatic rings. The molecule has 1 atom stereocenters. The number of aliphatic hydroxyl groups excluding tert-OH is 1. The number of alkyl halides is 3. The molecule has 0 bridgehead atoms. The average molecular weight is 316 g/mol. The van der Waals surface area contributed by atoms with E-state index in [0.717, 1.165) is 4.90 Å². The smallest absolute Gasteiger partial charge is 0.406 e. The maximum Gasteiger partial charge on any atom is 0.406 e. The molecule has 1 rings (SSSR count). The number of hydrogen-bond donors (Lipinski definition) is 2. The molecular formula is C10H15F3N2O4S. The molecule has 0 spiro atoms. The third-order valence-corrected chi connectivity index (χ3v) is 3.69. The zero-order chi connectivity index (χ0) is 15.3. The number of carboxylic acids is 1. The van der Waals surface area contributed by atoms with Crippen LogP contribution in [0.25, 0.3) is 0 Å². The van der Waals surface area contributed by atoms with Gasteiger partial charge in [0.1, 0.15) is 12.6 Å². The fourth-order valence-corrected chi connectivity index (χ4v) is 2.84. The summed E-state index contributed by atoms with van der Waals surface area (Å²) in [6.07, 6.45) is -4.60. The standard InChI is InChI=1S/C10H15F3N2O4S/c11-10(12,13)6-14(1-3-16)9(19)15-2-4-20-5-7(15)8(17)18/h7,16H,1-6H2,(H,17,18). The van der Waals surface area contributed by atoms with Crippen LogP contribution in [0.3, 0.4) is 0 Å². The van der Waals surface area contributed by atoms with Gasteiger partial charge in [-0.15, -0.1) is 0 Å². The van der Waals surface area contributed by atoms with Crippen molar-refractivity contribution >= 4 is 23.8 Å². The molecule has 1 fully saturated rings. The van der Waals surface area contributed by atoms with Crippen LogP contribution in [0.5, 0.6) is 0 Å². The molecule has 0 saturated carbocycles. The summed E-state index contributed by atoms with van der Waals surface area (Å²) in [5.74, 6) is -0.643. The van der Waals surface area contributed by atoms with Crippen LogP contribution in [0.2, 0.25) is 0 Å². The molecule has 1 saturated heterocycles. The van der Waals surface area contributed by atoms with Gasteiger partial charge in [0.25, 0.3) is 0 Å². The highest BCUT2D eigenvalue weighted by molar-refractivity contribution is 7.99. The topological polar surface area (TPSA) is 81.1 Å². The second kappa shape index (κ2) is 7.02. The summed E-state index contributed by atoms with van der Waals surface area (Å²) in [6.45, 7) is -2.56. The monoisotopic (exact) mass is 316 g/mol. The highest BCUT2D eigenvalue weighted by atomic mass is 32.2. The number of carboxylic acid groups (broad SMARTS) is 1. The highest BCUT2D eigenvalue weighted by Gasteiger charge is 2.38. The molecule has 6 nitrogen and oxygen atoms in total. The van der Waals surface area contributed by atoms with Gasteiger partial charge >= 0.3 is 18.2 Å². The second-order valence-corrected chi connectivity index (χ2v) is 5.32. The first kappa shape index (κ1) is 16.9. The lowest BCUT2D eigenvalue weighted by Crippen LogP contribution is -2.56. The van der Waals surface area contributed by atoms with Crippen LogP contribution in [0.15, 0.2) is 0 Å². The molecule has 0 aliphatic carbocycles. The highest BCUT2D eigenvalue weighted by Crippen LogP contribution is 2.21. The molecule has 1 unspecified atom stereocenters. The van der Waals surface area contributed by atoms with Crippen molar-refractivity contribution in [2.24, 2.45) is 0 Å². The first-order chi connectivity index (χ1) is 9.26. The molecule has 1 heterocycles. The van der Waals surface area contributed by atoms with E-state index in [0.29, 0.717) is 10.7 Å². The summed E-state index contributed by atoms with van der Waals surface area (Å²) in [5.41, 5.74) is 0. The number of nitrogens with zero attached hydrogens (tertiary/aromatic N) is 2. The molecular weight excluding hydrogens is 301 g/mol. The summed E-state index contributed by atoms with van der Waals surface area (Å²) >= 11 is 1.33. The van der Waals surface area contributed by atoms with Gasteiger partial charge in [0, 0.05) is 24.6 Å². The van der Waals surface area contributed by atoms with Crippen LogP contribution in [0.4, 0.5) is 18.0 Å². The van der Waals surface area contributed by atoms with Crippen LogP contribution < -0.4 is 0 Å². The first-order valence-corrected chi connectivity index (χ1v) is 6.95. The van der Waals surface area contributed by atoms with Crippen molar-refractivity contribution in [1.82, 2.24) is 9.80 Å². The summed E-state index contributed by atoms with van der Waals surface area (Å²) in [7, 11) is 0. The Morgan fingerprint density at radius 3 is 2.55 bits per heavy atom. The molecule has 0 aromatic heterocycles. The van der Waals surface area contributed by atoms with Crippen molar-refractivity contribution in [3.05, 3.63) is 0 Å². The number of carbonyl (C=O) groups is 2. The van der Waals surface area contributed by atoms with Gasteiger partial charge in [-0.05, 0) is 0 Å². The molecule has 2 N–H and O–H groups in total. The molecule has 10 heteroatoms. The second-order valence-electron chi connectivity index (χ2n) is 4.17. The zero-order valence-corrected chi connectivity index (χ0v) is 11.3. The number of aliphatic hydroxyl groups is 1. The van der Waals surface area contributed by atoms with E-state index in [2.05, 4.69) is 0 Å². The maximum atomic E-state index is 12.4. The van der Waals surface area contributed by atoms with Crippen LogP contribution in [-0.4, -0.2) is 82.0 Å². The third-order valence-electron chi connectivity index (χ3n) is 2.67. The minimum absolute atomic E-state index is 0.0697. The summed E-state index contributed by atoms with van der Waals surface area (Å²) in [4.78, 5) is 24.4. The number of thioether (sulfide) groups is 1. The Morgan fingerprint density at radius 1 is 1.40 bits per heavy atom. The quantitative estimate of drug-likeness (QED) is 0.788. The minimum atomic E-state index is -4.60. The Bertz CT molecular complexity index is 367. The molecule has 1 aliphatic heterocycles. The summed E-state index contributed by atoms with van der Waals surface area (Å²) in [5, 5.41) is 17.8. The van der Waals surface area contributed by atoms with Gasteiger partial charge in [-0.2, -0.15) is 24.9 Å². The molecule has 0 radical (unpaired) electrons. The van der Waals surface area contributed by atoms with Crippen LogP contribution in [0, 0.1) is 0 Å². The molecule has 20 heavy (non-hydrogen) atoms. The van der Waals surface area contributed by atoms with Crippen LogP contribution in [0.1, 0.15) is 0 Å². The normalized spacial score (nSPS) is 19.8. The van der Waals surface area contributed by atoms with Crippen molar-refractivity contribution in [2.75, 3.05) is 37.7 Å². The molecule has 2 amide bonds. The lowest BCUT2D eigenvalue weighted by Gasteiger charge is -2.36. The SMILES string of the molecule is O=C(O)C1CSCCN1C(=O)N(CCO)CC(F)(F)F. The number of hydrogen-bond acceptors (Lipinski definition) is 4. The maximum absolute atomic E-state index is 12.4. The van der Waals surface area contributed by atoms with Gasteiger partial charge in [-0.3, -0.25) is 0 Å². The van der Waals surface area contributed by atoms with Gasteiger partial charge in [0.05, 0.1) is 6.61 Å². The van der Waals surface area contributed by atoms with Crippen molar-refractivity contribution in [3.63, 3.8) is 0 Å². The van der Waals surface area contributed by atoms with Crippen molar-refractivity contribution in [2.45, 2.75) is 12.2 Å². The Kier molecular flexibility index (Phi) is 5.93. The predicted octanol–water partition coefficient (Wildman–Crippen LogP) is 0.465. The Labute approximate surface area is 117 Å². The Morgan fingerprint density at radius 2 is 2.05 bits per heavy atom. The van der Waals surface area contributed by atoms with E-state index in [4.69, 9.17) is 10.2 Å². The number of urea groups is 1. The van der Waals surface area contributed by atoms with E-state index < -0.39 is 43.9 Å². The fraction of sp³-hybridized carbons (Fsp3) is 0.800. The summed E-state index contributed by atoms with van der Waals surface area (Å²) < 4.78 is 37.2. The van der Waals surface area contributed by atoms with Gasteiger partial charge in [-0.1, -0.05) is 0 Å². The number of rotatable bonds is 4. The van der Waals surface area contributed by atoms with Crippen LogP contribution in [-0.2, 0) is 4.79 Å². The van der Waals surface area contributed by atoms with Crippen molar-refractivity contribution in [3.8, 4) is 0 Å². The van der Waals surface area contributed by atoms with E-state index in [1.54, 1.807) is 0 Å². The minimum Gasteiger partial charge on any atom is -0.480 e. The number of aliphatic carboxylic acids is 1. The Hall–Kier alpha value is -1.16. The van der Waals surface area contributed by atoms with Crippen LogP contribution >= 0.6 is 11.8 Å². The lowest BCUT2D eigenvalue weighted by atomic mass is 10.3. The van der Waals surface area contributed by atoms with E-state index >= 15 is 0 Å². The predicted molar refractivity (Wildman–Crippen MR) is 65.6 cm³/mol. The Balaban J connectivity index is 2.83. The number of halogens is 3. The van der Waals surface area contributed by atoms with Gasteiger partial charge in [0.15, 0.2) is 0 Å². The van der Waals surface area contributed by atoms with E-state index in [9.17, 15) is 22.8 Å². The zero-order valence-electron chi connectivity index (χ0n) is 10.5. The van der Waals surface area contributed by atoms with Gasteiger partial charge in [-0.25, -0.2) is 9.59 Å². The fourth-order valence-electron chi connectivity index (χ4n) is 1.80. The molecule has 1 aliphatic rings. The van der Waals surface area contributed by atoms with E-state index in [1.165, 1.54) is 11.8 Å². The van der Waals surface area contributed by atoms with Gasteiger partial charge < -0.3 is 20.0 Å². The van der Waals surface area contributed by atoms with Gasteiger partial charge in [0.2, 0.25) is 0 Å². The number of amides is 2. The molecule has 116 valence electrons. The number of carbonyl (C=O) groups excluding carboxylic acids is 1. The molecule has 0 aromatic carbocycles.